The van der Waals surface area contributed by atoms with Crippen LogP contribution in [0.15, 0.2) is 24.3 Å². The van der Waals surface area contributed by atoms with Gasteiger partial charge in [-0.1, -0.05) is 0 Å². The van der Waals surface area contributed by atoms with Crippen molar-refractivity contribution in [2.24, 2.45) is 0 Å². The van der Waals surface area contributed by atoms with Gasteiger partial charge in [0.1, 0.15) is 5.60 Å². The number of carbonyl (C=O) groups is 2. The number of anilines is 1. The number of rotatable bonds is 5. The highest BCUT2D eigenvalue weighted by Crippen LogP contribution is 2.10. The van der Waals surface area contributed by atoms with E-state index in [1.165, 1.54) is 7.11 Å². The lowest BCUT2D eigenvalue weighted by Gasteiger charge is -2.19. The van der Waals surface area contributed by atoms with E-state index in [9.17, 15) is 9.59 Å². The topological polar surface area (TPSA) is 88.7 Å². The van der Waals surface area contributed by atoms with Gasteiger partial charge in [0, 0.05) is 18.8 Å². The molecule has 0 aliphatic heterocycles. The zero-order chi connectivity index (χ0) is 18.2. The summed E-state index contributed by atoms with van der Waals surface area (Å²) < 4.78 is 9.75. The number of carbonyl (C=O) groups excluding carboxylic acids is 2. The molecule has 132 valence electrons. The van der Waals surface area contributed by atoms with Crippen LogP contribution < -0.4 is 16.0 Å². The lowest BCUT2D eigenvalue weighted by molar-refractivity contribution is 0.0527. The van der Waals surface area contributed by atoms with Gasteiger partial charge in [-0.3, -0.25) is 0 Å². The normalized spacial score (nSPS) is 10.5. The van der Waals surface area contributed by atoms with Crippen molar-refractivity contribution in [1.82, 2.24) is 10.6 Å². The van der Waals surface area contributed by atoms with Gasteiger partial charge in [0.05, 0.1) is 12.7 Å². The largest absolute Gasteiger partial charge is 0.465 e. The van der Waals surface area contributed by atoms with E-state index in [-0.39, 0.29) is 0 Å². The summed E-state index contributed by atoms with van der Waals surface area (Å²) in [4.78, 5) is 22.8. The van der Waals surface area contributed by atoms with Gasteiger partial charge in [0.2, 0.25) is 0 Å². The summed E-state index contributed by atoms with van der Waals surface area (Å²) >= 11 is 5.15. The molecule has 0 saturated heterocycles. The Kier molecular flexibility index (Phi) is 7.44. The molecule has 0 saturated carbocycles. The number of benzene rings is 1. The van der Waals surface area contributed by atoms with Crippen LogP contribution in [0, 0.1) is 0 Å². The highest BCUT2D eigenvalue weighted by molar-refractivity contribution is 7.80. The van der Waals surface area contributed by atoms with E-state index < -0.39 is 17.7 Å². The van der Waals surface area contributed by atoms with Gasteiger partial charge in [-0.15, -0.1) is 0 Å². The van der Waals surface area contributed by atoms with Gasteiger partial charge in [0.15, 0.2) is 5.11 Å². The third kappa shape index (κ3) is 7.77. The first kappa shape index (κ1) is 19.7. The summed E-state index contributed by atoms with van der Waals surface area (Å²) in [6, 6.07) is 6.72. The molecule has 8 heteroatoms. The highest BCUT2D eigenvalue weighted by atomic mass is 32.1. The van der Waals surface area contributed by atoms with Crippen molar-refractivity contribution in [3.8, 4) is 0 Å². The standard InChI is InChI=1S/C16H23N3O4S/c1-16(2,3)23-15(21)18-10-9-17-14(24)19-12-7-5-11(6-8-12)13(20)22-4/h5-8H,9-10H2,1-4H3,(H,18,21)(H2,17,19,24). The van der Waals surface area contributed by atoms with Crippen molar-refractivity contribution < 1.29 is 19.1 Å². The number of ether oxygens (including phenoxy) is 2. The number of alkyl carbamates (subject to hydrolysis) is 1. The van der Waals surface area contributed by atoms with Crippen LogP contribution in [-0.2, 0) is 9.47 Å². The quantitative estimate of drug-likeness (QED) is 0.425. The first-order valence-electron chi connectivity index (χ1n) is 7.41. The Balaban J connectivity index is 2.29. The Hall–Kier alpha value is -2.35. The molecule has 0 aromatic heterocycles. The Bertz CT molecular complexity index is 582. The molecule has 1 rings (SSSR count). The molecule has 7 nitrogen and oxygen atoms in total. The van der Waals surface area contributed by atoms with Crippen molar-refractivity contribution >= 4 is 35.1 Å². The van der Waals surface area contributed by atoms with Gasteiger partial charge < -0.3 is 25.4 Å². The molecular weight excluding hydrogens is 330 g/mol. The molecule has 0 heterocycles. The SMILES string of the molecule is COC(=O)c1ccc(NC(=S)NCCNC(=O)OC(C)(C)C)cc1. The fourth-order valence-electron chi connectivity index (χ4n) is 1.64. The zero-order valence-corrected chi connectivity index (χ0v) is 15.1. The maximum atomic E-state index is 11.5. The third-order valence-corrected chi connectivity index (χ3v) is 2.89. The molecule has 1 amide bonds. The van der Waals surface area contributed by atoms with Crippen LogP contribution in [0.4, 0.5) is 10.5 Å². The van der Waals surface area contributed by atoms with Gasteiger partial charge in [-0.05, 0) is 57.3 Å². The summed E-state index contributed by atoms with van der Waals surface area (Å²) in [5.74, 6) is -0.393. The Labute approximate surface area is 147 Å². The molecule has 3 N–H and O–H groups in total. The molecule has 0 fully saturated rings. The predicted molar refractivity (Wildman–Crippen MR) is 96.2 cm³/mol. The molecule has 0 bridgehead atoms. The number of methoxy groups -OCH3 is 1. The Morgan fingerprint density at radius 1 is 1.08 bits per heavy atom. The second-order valence-electron chi connectivity index (χ2n) is 5.88. The average Bonchev–Trinajstić information content (AvgIpc) is 2.50. The van der Waals surface area contributed by atoms with Crippen LogP contribution in [-0.4, -0.2) is 43.0 Å². The first-order chi connectivity index (χ1) is 11.2. The number of hydrogen-bond donors (Lipinski definition) is 3. The van der Waals surface area contributed by atoms with Crippen molar-refractivity contribution in [2.75, 3.05) is 25.5 Å². The van der Waals surface area contributed by atoms with Crippen molar-refractivity contribution in [2.45, 2.75) is 26.4 Å². The van der Waals surface area contributed by atoms with Gasteiger partial charge in [0.25, 0.3) is 0 Å². The van der Waals surface area contributed by atoms with Crippen molar-refractivity contribution in [3.05, 3.63) is 29.8 Å². The minimum absolute atomic E-state index is 0.373. The van der Waals surface area contributed by atoms with Crippen LogP contribution >= 0.6 is 12.2 Å². The second kappa shape index (κ2) is 9.07. The smallest absolute Gasteiger partial charge is 0.407 e. The molecule has 1 aromatic carbocycles. The molecule has 0 aliphatic carbocycles. The first-order valence-corrected chi connectivity index (χ1v) is 7.82. The summed E-state index contributed by atoms with van der Waals surface area (Å²) in [6.07, 6.45) is -0.471. The molecule has 0 radical (unpaired) electrons. The fourth-order valence-corrected chi connectivity index (χ4v) is 1.86. The molecular formula is C16H23N3O4S. The summed E-state index contributed by atoms with van der Waals surface area (Å²) in [5.41, 5.74) is 0.675. The third-order valence-electron chi connectivity index (χ3n) is 2.64. The number of amides is 1. The van der Waals surface area contributed by atoms with E-state index in [2.05, 4.69) is 20.7 Å². The van der Waals surface area contributed by atoms with Gasteiger partial charge in [-0.2, -0.15) is 0 Å². The van der Waals surface area contributed by atoms with Crippen LogP contribution in [0.2, 0.25) is 0 Å². The van der Waals surface area contributed by atoms with Gasteiger partial charge >= 0.3 is 12.1 Å². The lowest BCUT2D eigenvalue weighted by Crippen LogP contribution is -2.39. The Morgan fingerprint density at radius 3 is 2.21 bits per heavy atom. The predicted octanol–water partition coefficient (Wildman–Crippen LogP) is 2.28. The lowest BCUT2D eigenvalue weighted by atomic mass is 10.2. The number of nitrogens with one attached hydrogen (secondary N) is 3. The highest BCUT2D eigenvalue weighted by Gasteiger charge is 2.15. The van der Waals surface area contributed by atoms with E-state index in [0.29, 0.717) is 23.8 Å². The van der Waals surface area contributed by atoms with Crippen LogP contribution in [0.5, 0.6) is 0 Å². The van der Waals surface area contributed by atoms with E-state index in [1.807, 2.05) is 0 Å². The molecule has 0 unspecified atom stereocenters. The van der Waals surface area contributed by atoms with E-state index in [1.54, 1.807) is 45.0 Å². The number of esters is 1. The Morgan fingerprint density at radius 2 is 1.67 bits per heavy atom. The molecule has 0 spiro atoms. The van der Waals surface area contributed by atoms with Gasteiger partial charge in [-0.25, -0.2) is 9.59 Å². The summed E-state index contributed by atoms with van der Waals surface area (Å²) in [6.45, 7) is 6.23. The molecule has 0 aliphatic rings. The second-order valence-corrected chi connectivity index (χ2v) is 6.29. The summed E-state index contributed by atoms with van der Waals surface area (Å²) in [5, 5.41) is 8.96. The number of thiocarbonyl (C=S) groups is 1. The monoisotopic (exact) mass is 353 g/mol. The van der Waals surface area contributed by atoms with Crippen molar-refractivity contribution in [3.63, 3.8) is 0 Å². The zero-order valence-electron chi connectivity index (χ0n) is 14.3. The number of hydrogen-bond acceptors (Lipinski definition) is 5. The minimum Gasteiger partial charge on any atom is -0.465 e. The molecule has 1 aromatic rings. The van der Waals surface area contributed by atoms with E-state index in [4.69, 9.17) is 17.0 Å². The molecule has 24 heavy (non-hydrogen) atoms. The molecule has 0 atom stereocenters. The fraction of sp³-hybridized carbons (Fsp3) is 0.438. The van der Waals surface area contributed by atoms with Crippen LogP contribution in [0.1, 0.15) is 31.1 Å². The maximum Gasteiger partial charge on any atom is 0.407 e. The van der Waals surface area contributed by atoms with E-state index >= 15 is 0 Å². The van der Waals surface area contributed by atoms with Crippen LogP contribution in [0.3, 0.4) is 0 Å². The van der Waals surface area contributed by atoms with Crippen LogP contribution in [0.25, 0.3) is 0 Å². The summed E-state index contributed by atoms with van der Waals surface area (Å²) in [7, 11) is 1.33. The van der Waals surface area contributed by atoms with E-state index in [0.717, 1.165) is 5.69 Å². The minimum atomic E-state index is -0.523. The van der Waals surface area contributed by atoms with Crippen molar-refractivity contribution in [1.29, 1.82) is 0 Å². The average molecular weight is 353 g/mol. The maximum absolute atomic E-state index is 11.5.